The Hall–Kier alpha value is 0.270. The molecule has 4 atom stereocenters. The molecule has 2 fully saturated rings. The van der Waals surface area contributed by atoms with E-state index in [0.717, 1.165) is 18.5 Å². The van der Waals surface area contributed by atoms with Crippen molar-refractivity contribution >= 4 is 11.8 Å². The van der Waals surface area contributed by atoms with Crippen molar-refractivity contribution in [2.45, 2.75) is 51.4 Å². The van der Waals surface area contributed by atoms with Gasteiger partial charge in [-0.1, -0.05) is 6.92 Å². The molecule has 15 heavy (non-hydrogen) atoms. The molecule has 1 N–H and O–H groups in total. The molecular formula is C12H23NOS. The minimum Gasteiger partial charge on any atom is -0.375 e. The van der Waals surface area contributed by atoms with Gasteiger partial charge >= 0.3 is 0 Å². The molecule has 0 amide bonds. The van der Waals surface area contributed by atoms with Crippen LogP contribution in [0.1, 0.15) is 33.1 Å². The molecule has 88 valence electrons. The highest BCUT2D eigenvalue weighted by Gasteiger charge is 2.32. The zero-order chi connectivity index (χ0) is 10.7. The first kappa shape index (κ1) is 11.7. The van der Waals surface area contributed by atoms with E-state index in [0.29, 0.717) is 12.2 Å². The first-order valence-corrected chi connectivity index (χ1v) is 7.41. The Morgan fingerprint density at radius 1 is 1.33 bits per heavy atom. The summed E-state index contributed by atoms with van der Waals surface area (Å²) in [6, 6.07) is 0.736. The Morgan fingerprint density at radius 3 is 2.87 bits per heavy atom. The van der Waals surface area contributed by atoms with Crippen molar-refractivity contribution in [1.82, 2.24) is 5.32 Å². The molecule has 0 saturated carbocycles. The summed E-state index contributed by atoms with van der Waals surface area (Å²) in [7, 11) is 0. The Balaban J connectivity index is 1.77. The van der Waals surface area contributed by atoms with Crippen LogP contribution < -0.4 is 5.32 Å². The largest absolute Gasteiger partial charge is 0.375 e. The Morgan fingerprint density at radius 2 is 2.20 bits per heavy atom. The minimum atomic E-state index is 0.502. The van der Waals surface area contributed by atoms with Gasteiger partial charge in [-0.25, -0.2) is 0 Å². The summed E-state index contributed by atoms with van der Waals surface area (Å²) in [6.45, 7) is 5.50. The van der Waals surface area contributed by atoms with Crippen LogP contribution >= 0.6 is 11.8 Å². The molecule has 0 aromatic heterocycles. The maximum atomic E-state index is 5.91. The molecule has 0 aromatic rings. The van der Waals surface area contributed by atoms with Gasteiger partial charge in [-0.2, -0.15) is 11.8 Å². The lowest BCUT2D eigenvalue weighted by Gasteiger charge is -2.22. The van der Waals surface area contributed by atoms with Gasteiger partial charge in [-0.05, 0) is 44.4 Å². The molecule has 0 bridgehead atoms. The maximum absolute atomic E-state index is 5.91. The molecule has 0 spiro atoms. The van der Waals surface area contributed by atoms with Crippen LogP contribution in [0, 0.1) is 5.92 Å². The van der Waals surface area contributed by atoms with E-state index in [4.69, 9.17) is 4.74 Å². The Kier molecular flexibility index (Phi) is 4.35. The van der Waals surface area contributed by atoms with Gasteiger partial charge in [0.2, 0.25) is 0 Å². The summed E-state index contributed by atoms with van der Waals surface area (Å²) in [5.41, 5.74) is 0. The van der Waals surface area contributed by atoms with Crippen LogP contribution in [-0.4, -0.2) is 36.3 Å². The molecule has 4 unspecified atom stereocenters. The van der Waals surface area contributed by atoms with Crippen molar-refractivity contribution in [3.63, 3.8) is 0 Å². The molecule has 0 radical (unpaired) electrons. The number of nitrogens with one attached hydrogen (secondary N) is 1. The number of ether oxygens (including phenoxy) is 1. The quantitative estimate of drug-likeness (QED) is 0.799. The van der Waals surface area contributed by atoms with Crippen LogP contribution in [0.2, 0.25) is 0 Å². The summed E-state index contributed by atoms with van der Waals surface area (Å²) < 4.78 is 5.91. The van der Waals surface area contributed by atoms with Crippen LogP contribution in [0.4, 0.5) is 0 Å². The lowest BCUT2D eigenvalue weighted by atomic mass is 9.95. The van der Waals surface area contributed by atoms with Gasteiger partial charge < -0.3 is 10.1 Å². The summed E-state index contributed by atoms with van der Waals surface area (Å²) in [5.74, 6) is 3.46. The molecule has 3 heteroatoms. The van der Waals surface area contributed by atoms with Gasteiger partial charge in [0.25, 0.3) is 0 Å². The molecule has 2 heterocycles. The highest BCUT2D eigenvalue weighted by atomic mass is 32.2. The predicted molar refractivity (Wildman–Crippen MR) is 66.5 cm³/mol. The lowest BCUT2D eigenvalue weighted by molar-refractivity contribution is 0.0406. The van der Waals surface area contributed by atoms with E-state index in [2.05, 4.69) is 30.9 Å². The Bertz CT molecular complexity index is 200. The lowest BCUT2D eigenvalue weighted by Crippen LogP contribution is -2.36. The number of hydrogen-bond acceptors (Lipinski definition) is 3. The van der Waals surface area contributed by atoms with Crippen molar-refractivity contribution in [3.8, 4) is 0 Å². The maximum Gasteiger partial charge on any atom is 0.0583 e. The molecule has 0 aliphatic carbocycles. The van der Waals surface area contributed by atoms with Crippen molar-refractivity contribution in [2.24, 2.45) is 5.92 Å². The van der Waals surface area contributed by atoms with Gasteiger partial charge in [0.15, 0.2) is 0 Å². The standard InChI is InChI=1S/C12H23NOS/c1-3-13-12-8-15-7-10(12)6-11-5-4-9(2)14-11/h9-13H,3-8H2,1-2H3. The molecule has 0 aromatic carbocycles. The summed E-state index contributed by atoms with van der Waals surface area (Å²) in [5, 5.41) is 3.60. The van der Waals surface area contributed by atoms with Gasteiger partial charge in [0.05, 0.1) is 12.2 Å². The second kappa shape index (κ2) is 5.55. The monoisotopic (exact) mass is 229 g/mol. The van der Waals surface area contributed by atoms with Crippen LogP contribution in [0.5, 0.6) is 0 Å². The fraction of sp³-hybridized carbons (Fsp3) is 1.00. The van der Waals surface area contributed by atoms with Crippen molar-refractivity contribution < 1.29 is 4.74 Å². The van der Waals surface area contributed by atoms with Crippen molar-refractivity contribution in [2.75, 3.05) is 18.1 Å². The van der Waals surface area contributed by atoms with E-state index in [-0.39, 0.29) is 0 Å². The van der Waals surface area contributed by atoms with Gasteiger partial charge in [0.1, 0.15) is 0 Å². The van der Waals surface area contributed by atoms with E-state index >= 15 is 0 Å². The molecular weight excluding hydrogens is 206 g/mol. The van der Waals surface area contributed by atoms with Gasteiger partial charge in [-0.15, -0.1) is 0 Å². The number of hydrogen-bond donors (Lipinski definition) is 1. The first-order valence-electron chi connectivity index (χ1n) is 6.26. The van der Waals surface area contributed by atoms with Crippen molar-refractivity contribution in [3.05, 3.63) is 0 Å². The fourth-order valence-corrected chi connectivity index (χ4v) is 4.17. The molecule has 2 nitrogen and oxygen atoms in total. The number of rotatable bonds is 4. The molecule has 2 rings (SSSR count). The predicted octanol–water partition coefficient (Wildman–Crippen LogP) is 2.29. The Labute approximate surface area is 97.5 Å². The van der Waals surface area contributed by atoms with E-state index < -0.39 is 0 Å². The van der Waals surface area contributed by atoms with E-state index in [1.54, 1.807) is 0 Å². The summed E-state index contributed by atoms with van der Waals surface area (Å²) in [6.07, 6.45) is 4.86. The summed E-state index contributed by atoms with van der Waals surface area (Å²) >= 11 is 2.10. The third kappa shape index (κ3) is 3.11. The topological polar surface area (TPSA) is 21.3 Å². The average Bonchev–Trinajstić information content (AvgIpc) is 2.78. The van der Waals surface area contributed by atoms with Gasteiger partial charge in [-0.3, -0.25) is 0 Å². The zero-order valence-electron chi connectivity index (χ0n) is 9.87. The number of thioether (sulfide) groups is 1. The third-order valence-corrected chi connectivity index (χ3v) is 4.81. The van der Waals surface area contributed by atoms with Crippen LogP contribution in [0.15, 0.2) is 0 Å². The smallest absolute Gasteiger partial charge is 0.0583 e. The fourth-order valence-electron chi connectivity index (χ4n) is 2.72. The first-order chi connectivity index (χ1) is 7.29. The normalized spacial score (nSPS) is 41.2. The van der Waals surface area contributed by atoms with Crippen molar-refractivity contribution in [1.29, 1.82) is 0 Å². The van der Waals surface area contributed by atoms with E-state index in [1.165, 1.54) is 30.8 Å². The molecule has 2 aliphatic heterocycles. The summed E-state index contributed by atoms with van der Waals surface area (Å²) in [4.78, 5) is 0. The SMILES string of the molecule is CCNC1CSCC1CC1CCC(C)O1. The second-order valence-electron chi connectivity index (χ2n) is 4.84. The van der Waals surface area contributed by atoms with Gasteiger partial charge in [0, 0.05) is 11.8 Å². The molecule has 2 saturated heterocycles. The third-order valence-electron chi connectivity index (χ3n) is 3.55. The second-order valence-corrected chi connectivity index (χ2v) is 5.92. The van der Waals surface area contributed by atoms with Crippen LogP contribution in [0.25, 0.3) is 0 Å². The van der Waals surface area contributed by atoms with Crippen LogP contribution in [0.3, 0.4) is 0 Å². The van der Waals surface area contributed by atoms with E-state index in [1.807, 2.05) is 0 Å². The zero-order valence-corrected chi connectivity index (χ0v) is 10.7. The average molecular weight is 229 g/mol. The van der Waals surface area contributed by atoms with Crippen LogP contribution in [-0.2, 0) is 4.74 Å². The molecule has 2 aliphatic rings. The highest BCUT2D eigenvalue weighted by Crippen LogP contribution is 2.32. The highest BCUT2D eigenvalue weighted by molar-refractivity contribution is 7.99. The van der Waals surface area contributed by atoms with E-state index in [9.17, 15) is 0 Å². The minimum absolute atomic E-state index is 0.502.